The Kier molecular flexibility index (Phi) is 35.6. The minimum atomic E-state index is -1.50. The van der Waals surface area contributed by atoms with Crippen LogP contribution < -0.4 is 0 Å². The first-order valence-corrected chi connectivity index (χ1v) is 21.9. The fraction of sp³-hybridized carbons (Fsp3) is 0.886. The van der Waals surface area contributed by atoms with Gasteiger partial charge in [0.25, 0.3) is 6.29 Å². The van der Waals surface area contributed by atoms with Crippen molar-refractivity contribution in [3.63, 3.8) is 0 Å². The summed E-state index contributed by atoms with van der Waals surface area (Å²) in [6.45, 7) is 4.78. The quantitative estimate of drug-likeness (QED) is 0.0217. The van der Waals surface area contributed by atoms with E-state index in [0.29, 0.717) is 17.4 Å². The van der Waals surface area contributed by atoms with Gasteiger partial charge in [-0.05, 0) is 38.5 Å². The molecular weight excluding hydrogens is 670 g/mol. The highest BCUT2D eigenvalue weighted by Crippen LogP contribution is 2.15. The number of nitrogens with zero attached hydrogens (tertiary/aromatic N) is 1. The van der Waals surface area contributed by atoms with E-state index < -0.39 is 24.3 Å². The number of unbranched alkanes of at least 4 members (excludes halogenated alkanes) is 23. The number of rotatable bonds is 40. The fourth-order valence-corrected chi connectivity index (χ4v) is 6.07. The van der Waals surface area contributed by atoms with Gasteiger partial charge in [-0.3, -0.25) is 9.59 Å². The minimum Gasteiger partial charge on any atom is -0.477 e. The molecule has 9 nitrogen and oxygen atoms in total. The third-order valence-corrected chi connectivity index (χ3v) is 9.52. The van der Waals surface area contributed by atoms with Gasteiger partial charge in [0.05, 0.1) is 34.4 Å². The van der Waals surface area contributed by atoms with Crippen LogP contribution in [0.3, 0.4) is 0 Å². The molecule has 0 rings (SSSR count). The topological polar surface area (TPSA) is 108 Å². The monoisotopic (exact) mass is 755 g/mol. The summed E-state index contributed by atoms with van der Waals surface area (Å²) in [5, 5.41) is 9.57. The Morgan fingerprint density at radius 3 is 1.40 bits per heavy atom. The molecule has 2 unspecified atom stereocenters. The molecule has 0 aromatic rings. The van der Waals surface area contributed by atoms with Crippen molar-refractivity contribution in [2.45, 2.75) is 206 Å². The summed E-state index contributed by atoms with van der Waals surface area (Å²) in [6.07, 6.45) is 34.6. The number of ether oxygens (including phenoxy) is 4. The Hall–Kier alpha value is -1.97. The van der Waals surface area contributed by atoms with Gasteiger partial charge in [0.15, 0.2) is 6.10 Å². The number of carboxylic acids is 1. The lowest BCUT2D eigenvalue weighted by molar-refractivity contribution is -0.870. The van der Waals surface area contributed by atoms with Crippen LogP contribution in [0.25, 0.3) is 0 Å². The molecule has 0 fully saturated rings. The summed E-state index contributed by atoms with van der Waals surface area (Å²) in [7, 11) is 5.94. The van der Waals surface area contributed by atoms with Crippen molar-refractivity contribution in [2.24, 2.45) is 0 Å². The van der Waals surface area contributed by atoms with Gasteiger partial charge in [0, 0.05) is 12.8 Å². The largest absolute Gasteiger partial charge is 0.477 e. The second kappa shape index (κ2) is 37.0. The van der Waals surface area contributed by atoms with Crippen LogP contribution in [-0.2, 0) is 33.3 Å². The minimum absolute atomic E-state index is 0.179. The van der Waals surface area contributed by atoms with Gasteiger partial charge in [-0.25, -0.2) is 4.79 Å². The number of likely N-dealkylation sites (N-methyl/N-ethyl adjacent to an activating group) is 1. The fourth-order valence-electron chi connectivity index (χ4n) is 6.07. The Balaban J connectivity index is 4.15. The van der Waals surface area contributed by atoms with Crippen LogP contribution in [0.15, 0.2) is 12.2 Å². The van der Waals surface area contributed by atoms with E-state index in [0.717, 1.165) is 51.4 Å². The number of carbonyl (C=O) groups is 3. The number of hydrogen-bond donors (Lipinski definition) is 1. The highest BCUT2D eigenvalue weighted by atomic mass is 16.7. The zero-order chi connectivity index (χ0) is 39.3. The standard InChI is InChI=1S/C44H83NO8/c1-6-8-10-12-13-14-15-16-17-18-19-20-21-22-23-24-25-26-27-28-29-31-33-35-42(47)53-40(38-51-41(46)34-32-30-11-9-7-2)39-52-44(43(48)49)50-37-36-45(3,4)5/h18-19,40,44H,6-17,20-39H2,1-5H3/p+1/b19-18-. The van der Waals surface area contributed by atoms with E-state index in [4.69, 9.17) is 18.9 Å². The third kappa shape index (κ3) is 38.1. The first-order valence-electron chi connectivity index (χ1n) is 21.9. The molecule has 1 N–H and O–H groups in total. The highest BCUT2D eigenvalue weighted by molar-refractivity contribution is 5.71. The Morgan fingerprint density at radius 1 is 0.547 bits per heavy atom. The van der Waals surface area contributed by atoms with Gasteiger partial charge in [-0.2, -0.15) is 0 Å². The first kappa shape index (κ1) is 51.0. The molecule has 0 heterocycles. The number of carbonyl (C=O) groups excluding carboxylic acids is 2. The van der Waals surface area contributed by atoms with Crippen LogP contribution in [0.4, 0.5) is 0 Å². The van der Waals surface area contributed by atoms with Crippen molar-refractivity contribution in [3.8, 4) is 0 Å². The van der Waals surface area contributed by atoms with Crippen molar-refractivity contribution in [1.29, 1.82) is 0 Å². The lowest BCUT2D eigenvalue weighted by Crippen LogP contribution is -2.40. The van der Waals surface area contributed by atoms with E-state index in [1.165, 1.54) is 116 Å². The molecule has 0 aliphatic rings. The molecule has 0 bridgehead atoms. The van der Waals surface area contributed by atoms with E-state index >= 15 is 0 Å². The molecule has 0 aliphatic carbocycles. The van der Waals surface area contributed by atoms with Crippen LogP contribution >= 0.6 is 0 Å². The maximum Gasteiger partial charge on any atom is 0.361 e. The van der Waals surface area contributed by atoms with E-state index in [-0.39, 0.29) is 32.2 Å². The molecule has 0 radical (unpaired) electrons. The van der Waals surface area contributed by atoms with Crippen molar-refractivity contribution >= 4 is 17.9 Å². The Bertz CT molecular complexity index is 887. The molecule has 9 heteroatoms. The maximum atomic E-state index is 12.7. The summed E-state index contributed by atoms with van der Waals surface area (Å²) in [5.74, 6) is -2.02. The molecule has 312 valence electrons. The molecule has 0 spiro atoms. The molecule has 53 heavy (non-hydrogen) atoms. The van der Waals surface area contributed by atoms with E-state index in [1.807, 2.05) is 21.1 Å². The SMILES string of the molecule is CCCCCCCCCC/C=C\CCCCCCCCCCCCCC(=O)OC(COC(=O)CCCCCCC)COC(OCC[N+](C)(C)C)C(=O)O. The van der Waals surface area contributed by atoms with Gasteiger partial charge < -0.3 is 28.5 Å². The van der Waals surface area contributed by atoms with Crippen molar-refractivity contribution in [2.75, 3.05) is 47.5 Å². The third-order valence-electron chi connectivity index (χ3n) is 9.52. The molecule has 0 aromatic heterocycles. The zero-order valence-electron chi connectivity index (χ0n) is 35.2. The smallest absolute Gasteiger partial charge is 0.361 e. The van der Waals surface area contributed by atoms with Crippen LogP contribution in [0, 0.1) is 0 Å². The number of carboxylic acid groups (broad SMARTS) is 1. The molecule has 0 aliphatic heterocycles. The van der Waals surface area contributed by atoms with Crippen molar-refractivity contribution in [1.82, 2.24) is 0 Å². The number of hydrogen-bond acceptors (Lipinski definition) is 7. The van der Waals surface area contributed by atoms with Gasteiger partial charge in [0.1, 0.15) is 13.2 Å². The molecule has 0 saturated carbocycles. The van der Waals surface area contributed by atoms with E-state index in [1.54, 1.807) is 0 Å². The van der Waals surface area contributed by atoms with Crippen LogP contribution in [0.1, 0.15) is 194 Å². The summed E-state index contributed by atoms with van der Waals surface area (Å²) in [6, 6.07) is 0. The first-order chi connectivity index (χ1) is 25.6. The van der Waals surface area contributed by atoms with E-state index in [2.05, 4.69) is 26.0 Å². The molecule has 2 atom stereocenters. The van der Waals surface area contributed by atoms with E-state index in [9.17, 15) is 19.5 Å². The normalized spacial score (nSPS) is 13.0. The number of quaternary nitrogens is 1. The lowest BCUT2D eigenvalue weighted by atomic mass is 10.0. The zero-order valence-corrected chi connectivity index (χ0v) is 35.2. The predicted octanol–water partition coefficient (Wildman–Crippen LogP) is 11.1. The molecule has 0 amide bonds. The average Bonchev–Trinajstić information content (AvgIpc) is 3.11. The summed E-state index contributed by atoms with van der Waals surface area (Å²) in [4.78, 5) is 36.7. The second-order valence-corrected chi connectivity index (χ2v) is 16.0. The van der Waals surface area contributed by atoms with Gasteiger partial charge in [-0.15, -0.1) is 0 Å². The van der Waals surface area contributed by atoms with Gasteiger partial charge in [0.2, 0.25) is 0 Å². The lowest BCUT2D eigenvalue weighted by Gasteiger charge is -2.25. The maximum absolute atomic E-state index is 12.7. The summed E-state index contributed by atoms with van der Waals surface area (Å²) < 4.78 is 22.5. The van der Waals surface area contributed by atoms with Crippen LogP contribution in [0.2, 0.25) is 0 Å². The molecule has 0 aromatic carbocycles. The molecule has 0 saturated heterocycles. The Labute approximate surface area is 325 Å². The van der Waals surface area contributed by atoms with Crippen molar-refractivity contribution in [3.05, 3.63) is 12.2 Å². The Morgan fingerprint density at radius 2 is 0.962 bits per heavy atom. The number of aliphatic carboxylic acids is 1. The average molecular weight is 755 g/mol. The summed E-state index contributed by atoms with van der Waals surface area (Å²) in [5.41, 5.74) is 0. The highest BCUT2D eigenvalue weighted by Gasteiger charge is 2.25. The number of allylic oxidation sites excluding steroid dienone is 2. The van der Waals surface area contributed by atoms with Crippen LogP contribution in [0.5, 0.6) is 0 Å². The predicted molar refractivity (Wildman–Crippen MR) is 217 cm³/mol. The van der Waals surface area contributed by atoms with Crippen LogP contribution in [-0.4, -0.2) is 87.4 Å². The second-order valence-electron chi connectivity index (χ2n) is 16.0. The van der Waals surface area contributed by atoms with Crippen molar-refractivity contribution < 1.29 is 42.9 Å². The molecular formula is C44H84NO8+. The summed E-state index contributed by atoms with van der Waals surface area (Å²) >= 11 is 0. The van der Waals surface area contributed by atoms with Gasteiger partial charge >= 0.3 is 17.9 Å². The van der Waals surface area contributed by atoms with Gasteiger partial charge in [-0.1, -0.05) is 154 Å². The number of esters is 2.